The van der Waals surface area contributed by atoms with Gasteiger partial charge in [0.05, 0.1) is 24.0 Å². The van der Waals surface area contributed by atoms with Crippen LogP contribution in [0.3, 0.4) is 0 Å². The summed E-state index contributed by atoms with van der Waals surface area (Å²) in [6, 6.07) is 20.3. The first-order valence-electron chi connectivity index (χ1n) is 13.7. The number of aromatic nitrogens is 5. The number of nitrogens with one attached hydrogen (secondary N) is 1. The smallest absolute Gasteiger partial charge is 0.322 e. The molecule has 0 spiro atoms. The summed E-state index contributed by atoms with van der Waals surface area (Å²) in [7, 11) is 1.64. The van der Waals surface area contributed by atoms with Crippen LogP contribution in [-0.4, -0.2) is 31.6 Å². The molecule has 0 radical (unpaired) electrons. The zero-order chi connectivity index (χ0) is 30.1. The third kappa shape index (κ3) is 5.42. The van der Waals surface area contributed by atoms with E-state index in [1.807, 2.05) is 73.9 Å². The molecule has 216 valence electrons. The summed E-state index contributed by atoms with van der Waals surface area (Å²) in [5.74, 6) is 0.866. The Morgan fingerprint density at radius 1 is 0.930 bits per heavy atom. The van der Waals surface area contributed by atoms with E-state index in [1.54, 1.807) is 25.4 Å². The summed E-state index contributed by atoms with van der Waals surface area (Å²) in [5, 5.41) is 3.47. The monoisotopic (exact) mass is 575 g/mol. The molecule has 0 aliphatic rings. The van der Waals surface area contributed by atoms with Gasteiger partial charge in [-0.25, -0.2) is 24.3 Å². The van der Waals surface area contributed by atoms with Crippen LogP contribution in [0.4, 0.5) is 15.9 Å². The molecule has 3 aromatic heterocycles. The Hall–Kier alpha value is -5.51. The van der Waals surface area contributed by atoms with Crippen LogP contribution in [0.2, 0.25) is 0 Å². The van der Waals surface area contributed by atoms with E-state index < -0.39 is 5.82 Å². The Bertz CT molecular complexity index is 1940. The largest absolute Gasteiger partial charge is 0.497 e. The van der Waals surface area contributed by atoms with Crippen molar-refractivity contribution in [2.75, 3.05) is 18.2 Å². The summed E-state index contributed by atoms with van der Waals surface area (Å²) in [5.41, 5.74) is 13.9. The first-order chi connectivity index (χ1) is 20.8. The molecule has 0 saturated heterocycles. The maximum atomic E-state index is 15.8. The van der Waals surface area contributed by atoms with E-state index >= 15 is 4.39 Å². The van der Waals surface area contributed by atoms with Crippen molar-refractivity contribution >= 4 is 22.5 Å². The van der Waals surface area contributed by atoms with E-state index in [-0.39, 0.29) is 11.8 Å². The number of ether oxygens (including phenoxy) is 2. The normalized spacial score (nSPS) is 11.1. The van der Waals surface area contributed by atoms with Gasteiger partial charge < -0.3 is 25.1 Å². The van der Waals surface area contributed by atoms with Gasteiger partial charge in [0.25, 0.3) is 0 Å². The van der Waals surface area contributed by atoms with Crippen LogP contribution in [0.1, 0.15) is 22.4 Å². The number of anilines is 2. The van der Waals surface area contributed by atoms with Gasteiger partial charge in [-0.15, -0.1) is 0 Å². The molecule has 3 N–H and O–H groups in total. The number of hydrogen-bond donors (Lipinski definition) is 2. The van der Waals surface area contributed by atoms with Crippen LogP contribution in [-0.2, 0) is 6.54 Å². The number of aryl methyl sites for hydroxylation is 3. The number of halogens is 1. The molecule has 3 aromatic carbocycles. The molecule has 6 rings (SSSR count). The van der Waals surface area contributed by atoms with E-state index in [4.69, 9.17) is 15.2 Å². The van der Waals surface area contributed by atoms with Crippen LogP contribution in [0.5, 0.6) is 17.5 Å². The van der Waals surface area contributed by atoms with Gasteiger partial charge in [0.1, 0.15) is 17.6 Å². The van der Waals surface area contributed by atoms with E-state index in [0.717, 1.165) is 50.4 Å². The van der Waals surface area contributed by atoms with Gasteiger partial charge in [-0.2, -0.15) is 0 Å². The predicted molar refractivity (Wildman–Crippen MR) is 165 cm³/mol. The zero-order valence-corrected chi connectivity index (χ0v) is 24.2. The molecule has 43 heavy (non-hydrogen) atoms. The number of benzene rings is 3. The minimum Gasteiger partial charge on any atom is -0.497 e. The van der Waals surface area contributed by atoms with E-state index in [1.165, 1.54) is 12.4 Å². The van der Waals surface area contributed by atoms with E-state index in [9.17, 15) is 0 Å². The third-order valence-corrected chi connectivity index (χ3v) is 7.25. The number of nitrogens with two attached hydrogens (primary N) is 1. The third-order valence-electron chi connectivity index (χ3n) is 7.25. The van der Waals surface area contributed by atoms with Crippen LogP contribution in [0, 0.1) is 26.6 Å². The molecule has 0 amide bonds. The SMILES string of the molecule is COc1ccc(CNc2ncnc3c(C)c(-c4ccc(N)cc4)n(-c4cc(F)c(Oc5nccc(C)n5)cc4C)c23)cc1. The highest BCUT2D eigenvalue weighted by Crippen LogP contribution is 2.40. The van der Waals surface area contributed by atoms with Gasteiger partial charge in [0.15, 0.2) is 17.4 Å². The fraction of sp³-hybridized carbons (Fsp3) is 0.152. The summed E-state index contributed by atoms with van der Waals surface area (Å²) in [4.78, 5) is 17.6. The molecule has 0 unspecified atom stereocenters. The Kier molecular flexibility index (Phi) is 7.33. The van der Waals surface area contributed by atoms with Gasteiger partial charge in [0.2, 0.25) is 0 Å². The second kappa shape index (κ2) is 11.4. The number of hydrogen-bond acceptors (Lipinski definition) is 8. The minimum atomic E-state index is -0.557. The lowest BCUT2D eigenvalue weighted by molar-refractivity contribution is 0.409. The van der Waals surface area contributed by atoms with Crippen LogP contribution < -0.4 is 20.5 Å². The zero-order valence-electron chi connectivity index (χ0n) is 24.2. The molecule has 0 atom stereocenters. The standard InChI is InChI=1S/C33H30FN7O2/c1-19-15-28(43-33-36-14-13-20(2)40-33)26(34)16-27(19)41-30(23-7-9-24(35)10-8-23)21(3)29-31(41)32(39-18-38-29)37-17-22-5-11-25(42-4)12-6-22/h5-16,18H,17,35H2,1-4H3,(H,37,38,39). The van der Waals surface area contributed by atoms with E-state index in [2.05, 4.69) is 25.3 Å². The summed E-state index contributed by atoms with van der Waals surface area (Å²) >= 11 is 0. The minimum absolute atomic E-state index is 0.0307. The molecular weight excluding hydrogens is 545 g/mol. The second-order valence-corrected chi connectivity index (χ2v) is 10.2. The molecule has 0 saturated carbocycles. The van der Waals surface area contributed by atoms with Gasteiger partial charge in [0, 0.05) is 35.8 Å². The van der Waals surface area contributed by atoms with Gasteiger partial charge >= 0.3 is 6.01 Å². The van der Waals surface area contributed by atoms with Crippen molar-refractivity contribution in [3.63, 3.8) is 0 Å². The summed E-state index contributed by atoms with van der Waals surface area (Å²) in [6.45, 7) is 6.23. The van der Waals surface area contributed by atoms with Crippen molar-refractivity contribution in [2.24, 2.45) is 0 Å². The first kappa shape index (κ1) is 27.6. The van der Waals surface area contributed by atoms with Gasteiger partial charge in [-0.1, -0.05) is 24.3 Å². The number of methoxy groups -OCH3 is 1. The van der Waals surface area contributed by atoms with Crippen molar-refractivity contribution in [3.05, 3.63) is 107 Å². The molecular formula is C33H30FN7O2. The number of rotatable bonds is 8. The van der Waals surface area contributed by atoms with Crippen LogP contribution >= 0.6 is 0 Å². The summed E-state index contributed by atoms with van der Waals surface area (Å²) in [6.07, 6.45) is 3.11. The van der Waals surface area contributed by atoms with Gasteiger partial charge in [-0.3, -0.25) is 0 Å². The first-order valence-corrected chi connectivity index (χ1v) is 13.7. The lowest BCUT2D eigenvalue weighted by Crippen LogP contribution is -2.07. The van der Waals surface area contributed by atoms with Crippen molar-refractivity contribution in [2.45, 2.75) is 27.3 Å². The number of nitrogen functional groups attached to an aromatic ring is 1. The molecule has 3 heterocycles. The highest BCUT2D eigenvalue weighted by atomic mass is 19.1. The van der Waals surface area contributed by atoms with Crippen LogP contribution in [0.25, 0.3) is 28.0 Å². The maximum Gasteiger partial charge on any atom is 0.322 e. The molecule has 6 aromatic rings. The molecule has 0 aliphatic heterocycles. The Balaban J connectivity index is 1.51. The average Bonchev–Trinajstić information content (AvgIpc) is 3.31. The highest BCUT2D eigenvalue weighted by Gasteiger charge is 2.24. The molecule has 0 fully saturated rings. The van der Waals surface area contributed by atoms with Gasteiger partial charge in [-0.05, 0) is 73.9 Å². The van der Waals surface area contributed by atoms with Crippen molar-refractivity contribution in [1.82, 2.24) is 24.5 Å². The fourth-order valence-electron chi connectivity index (χ4n) is 5.08. The van der Waals surface area contributed by atoms with Crippen molar-refractivity contribution in [1.29, 1.82) is 0 Å². The Morgan fingerprint density at radius 2 is 1.70 bits per heavy atom. The molecule has 10 heteroatoms. The van der Waals surface area contributed by atoms with Crippen LogP contribution in [0.15, 0.2) is 79.3 Å². The molecule has 9 nitrogen and oxygen atoms in total. The Morgan fingerprint density at radius 3 is 2.42 bits per heavy atom. The lowest BCUT2D eigenvalue weighted by atomic mass is 10.1. The maximum absolute atomic E-state index is 15.8. The quantitative estimate of drug-likeness (QED) is 0.188. The average molecular weight is 576 g/mol. The molecule has 0 aliphatic carbocycles. The summed E-state index contributed by atoms with van der Waals surface area (Å²) < 4.78 is 28.8. The molecule has 0 bridgehead atoms. The van der Waals surface area contributed by atoms with Crippen molar-refractivity contribution in [3.8, 4) is 34.5 Å². The number of nitrogens with zero attached hydrogens (tertiary/aromatic N) is 5. The Labute approximate surface area is 248 Å². The highest BCUT2D eigenvalue weighted by molar-refractivity contribution is 5.97. The number of fused-ring (bicyclic) bond motifs is 1. The fourth-order valence-corrected chi connectivity index (χ4v) is 5.08. The lowest BCUT2D eigenvalue weighted by Gasteiger charge is -2.17. The van der Waals surface area contributed by atoms with Crippen molar-refractivity contribution < 1.29 is 13.9 Å². The van der Waals surface area contributed by atoms with E-state index in [0.29, 0.717) is 23.7 Å². The second-order valence-electron chi connectivity index (χ2n) is 10.2. The topological polar surface area (TPSA) is 113 Å². The predicted octanol–water partition coefficient (Wildman–Crippen LogP) is 6.94.